The third-order valence-electron chi connectivity index (χ3n) is 4.58. The van der Waals surface area contributed by atoms with Gasteiger partial charge < -0.3 is 0 Å². The summed E-state index contributed by atoms with van der Waals surface area (Å²) in [7, 11) is 1.81. The lowest BCUT2D eigenvalue weighted by Gasteiger charge is -2.03. The molecule has 0 spiro atoms. The van der Waals surface area contributed by atoms with Crippen LogP contribution >= 0.6 is 34.7 Å². The van der Waals surface area contributed by atoms with Crippen LogP contribution in [0.5, 0.6) is 0 Å². The van der Waals surface area contributed by atoms with Crippen molar-refractivity contribution in [3.8, 4) is 33.2 Å². The van der Waals surface area contributed by atoms with Crippen LogP contribution in [0.1, 0.15) is 5.56 Å². The molecular weight excluding hydrogens is 413 g/mol. The first-order chi connectivity index (χ1) is 13.5. The molecule has 0 bridgehead atoms. The molecule has 3 nitrogen and oxygen atoms in total. The van der Waals surface area contributed by atoms with E-state index < -0.39 is 5.82 Å². The Labute approximate surface area is 176 Å². The summed E-state index contributed by atoms with van der Waals surface area (Å²) in [5, 5.41) is 6.78. The van der Waals surface area contributed by atoms with Crippen LogP contribution in [0, 0.1) is 12.7 Å². The molecule has 0 saturated heterocycles. The van der Waals surface area contributed by atoms with Crippen LogP contribution in [0.15, 0.2) is 52.7 Å². The number of thioether (sulfide) groups is 1. The van der Waals surface area contributed by atoms with Crippen molar-refractivity contribution < 1.29 is 4.39 Å². The summed E-state index contributed by atoms with van der Waals surface area (Å²) >= 11 is 9.58. The van der Waals surface area contributed by atoms with Crippen LogP contribution in [0.4, 0.5) is 4.39 Å². The summed E-state index contributed by atoms with van der Waals surface area (Å²) in [4.78, 5) is 7.02. The van der Waals surface area contributed by atoms with E-state index in [0.717, 1.165) is 11.1 Å². The molecule has 0 aliphatic heterocycles. The van der Waals surface area contributed by atoms with E-state index in [2.05, 4.69) is 52.9 Å². The lowest BCUT2D eigenvalue weighted by Crippen LogP contribution is -1.95. The second-order valence-electron chi connectivity index (χ2n) is 6.31. The SMILES string of the molecule is CSc1ccc(-c2scc(-c3nc(-c4c(F)cccc4Cl)nn3C)c2C)cc1. The molecule has 7 heteroatoms. The number of rotatable bonds is 4. The van der Waals surface area contributed by atoms with Crippen molar-refractivity contribution in [2.24, 2.45) is 7.05 Å². The van der Waals surface area contributed by atoms with Gasteiger partial charge in [0.25, 0.3) is 0 Å². The highest BCUT2D eigenvalue weighted by atomic mass is 35.5. The van der Waals surface area contributed by atoms with Crippen molar-refractivity contribution in [3.63, 3.8) is 0 Å². The van der Waals surface area contributed by atoms with Gasteiger partial charge in [-0.1, -0.05) is 29.8 Å². The molecule has 0 amide bonds. The maximum atomic E-state index is 14.3. The number of hydrogen-bond acceptors (Lipinski definition) is 4. The molecule has 0 aliphatic carbocycles. The number of benzene rings is 2. The summed E-state index contributed by atoms with van der Waals surface area (Å²) in [6, 6.07) is 13.1. The Morgan fingerprint density at radius 1 is 1.14 bits per heavy atom. The third-order valence-corrected chi connectivity index (χ3v) is 6.77. The van der Waals surface area contributed by atoms with Gasteiger partial charge in [-0.15, -0.1) is 23.1 Å². The summed E-state index contributed by atoms with van der Waals surface area (Å²) in [6.07, 6.45) is 2.07. The second-order valence-corrected chi connectivity index (χ2v) is 8.48. The number of nitrogens with zero attached hydrogens (tertiary/aromatic N) is 3. The second kappa shape index (κ2) is 7.70. The Morgan fingerprint density at radius 3 is 2.57 bits per heavy atom. The Morgan fingerprint density at radius 2 is 1.89 bits per heavy atom. The quantitative estimate of drug-likeness (QED) is 0.338. The van der Waals surface area contributed by atoms with E-state index in [1.165, 1.54) is 21.4 Å². The Bertz CT molecular complexity index is 1130. The van der Waals surface area contributed by atoms with Gasteiger partial charge in [0, 0.05) is 27.8 Å². The number of aryl methyl sites for hydroxylation is 1. The molecule has 0 N–H and O–H groups in total. The smallest absolute Gasteiger partial charge is 0.186 e. The van der Waals surface area contributed by atoms with E-state index in [-0.39, 0.29) is 11.4 Å². The number of halogens is 2. The van der Waals surface area contributed by atoms with Gasteiger partial charge in [-0.3, -0.25) is 0 Å². The van der Waals surface area contributed by atoms with Crippen LogP contribution < -0.4 is 0 Å². The van der Waals surface area contributed by atoms with E-state index in [9.17, 15) is 4.39 Å². The Balaban J connectivity index is 1.77. The molecule has 2 aromatic carbocycles. The van der Waals surface area contributed by atoms with E-state index in [1.54, 1.807) is 39.9 Å². The molecule has 0 aliphatic rings. The monoisotopic (exact) mass is 429 g/mol. The lowest BCUT2D eigenvalue weighted by molar-refractivity contribution is 0.629. The average Bonchev–Trinajstić information content (AvgIpc) is 3.24. The minimum absolute atomic E-state index is 0.228. The molecular formula is C21H17ClFN3S2. The fraction of sp³-hybridized carbons (Fsp3) is 0.143. The fourth-order valence-electron chi connectivity index (χ4n) is 3.10. The van der Waals surface area contributed by atoms with Crippen LogP contribution in [-0.2, 0) is 7.05 Å². The van der Waals surface area contributed by atoms with Crippen LogP contribution in [-0.4, -0.2) is 21.0 Å². The molecule has 2 aromatic heterocycles. The van der Waals surface area contributed by atoms with Crippen molar-refractivity contribution in [2.45, 2.75) is 11.8 Å². The maximum Gasteiger partial charge on any atom is 0.186 e. The molecule has 0 fully saturated rings. The summed E-state index contributed by atoms with van der Waals surface area (Å²) < 4.78 is 15.9. The zero-order chi connectivity index (χ0) is 19.8. The lowest BCUT2D eigenvalue weighted by atomic mass is 10.1. The van der Waals surface area contributed by atoms with E-state index in [1.807, 2.05) is 7.05 Å². The van der Waals surface area contributed by atoms with Crippen molar-refractivity contribution in [2.75, 3.05) is 6.26 Å². The molecule has 142 valence electrons. The highest BCUT2D eigenvalue weighted by Crippen LogP contribution is 2.38. The minimum Gasteiger partial charge on any atom is -0.248 e. The molecule has 4 aromatic rings. The third kappa shape index (κ3) is 3.36. The predicted molar refractivity (Wildman–Crippen MR) is 117 cm³/mol. The highest BCUT2D eigenvalue weighted by Gasteiger charge is 2.20. The van der Waals surface area contributed by atoms with Crippen molar-refractivity contribution in [1.82, 2.24) is 14.8 Å². The van der Waals surface area contributed by atoms with Gasteiger partial charge in [0.05, 0.1) is 10.6 Å². The molecule has 0 unspecified atom stereocenters. The van der Waals surface area contributed by atoms with Gasteiger partial charge in [-0.2, -0.15) is 5.10 Å². The van der Waals surface area contributed by atoms with Gasteiger partial charge in [-0.25, -0.2) is 14.1 Å². The number of hydrogen-bond donors (Lipinski definition) is 0. The molecule has 0 radical (unpaired) electrons. The number of aromatic nitrogens is 3. The topological polar surface area (TPSA) is 30.7 Å². The summed E-state index contributed by atoms with van der Waals surface area (Å²) in [6.45, 7) is 2.08. The summed E-state index contributed by atoms with van der Waals surface area (Å²) in [5.41, 5.74) is 3.52. The first kappa shape index (κ1) is 19.2. The number of thiophene rings is 1. The zero-order valence-corrected chi connectivity index (χ0v) is 17.9. The Hall–Kier alpha value is -2.15. The normalized spacial score (nSPS) is 11.2. The van der Waals surface area contributed by atoms with Crippen molar-refractivity contribution in [1.29, 1.82) is 0 Å². The van der Waals surface area contributed by atoms with Gasteiger partial charge in [0.1, 0.15) is 5.82 Å². The van der Waals surface area contributed by atoms with Gasteiger partial charge in [-0.05, 0) is 48.6 Å². The van der Waals surface area contributed by atoms with Crippen LogP contribution in [0.2, 0.25) is 5.02 Å². The molecule has 2 heterocycles. The van der Waals surface area contributed by atoms with Gasteiger partial charge >= 0.3 is 0 Å². The van der Waals surface area contributed by atoms with Crippen LogP contribution in [0.3, 0.4) is 0 Å². The summed E-state index contributed by atoms with van der Waals surface area (Å²) in [5.74, 6) is 0.549. The van der Waals surface area contributed by atoms with E-state index in [0.29, 0.717) is 10.8 Å². The predicted octanol–water partition coefficient (Wildman–Crippen LogP) is 6.70. The zero-order valence-electron chi connectivity index (χ0n) is 15.5. The molecule has 0 atom stereocenters. The fourth-order valence-corrected chi connectivity index (χ4v) is 4.83. The van der Waals surface area contributed by atoms with Gasteiger partial charge in [0.15, 0.2) is 11.6 Å². The highest BCUT2D eigenvalue weighted by molar-refractivity contribution is 7.98. The molecule has 28 heavy (non-hydrogen) atoms. The maximum absolute atomic E-state index is 14.3. The van der Waals surface area contributed by atoms with Crippen molar-refractivity contribution >= 4 is 34.7 Å². The van der Waals surface area contributed by atoms with Crippen LogP contribution in [0.25, 0.3) is 33.2 Å². The largest absolute Gasteiger partial charge is 0.248 e. The first-order valence-corrected chi connectivity index (χ1v) is 11.1. The molecule has 0 saturated carbocycles. The standard InChI is InChI=1S/C21H17ClFN3S2/c1-12-15(11-28-19(12)13-7-9-14(27-3)10-8-13)21-24-20(25-26(21)2)18-16(22)5-4-6-17(18)23/h4-11H,1-3H3. The van der Waals surface area contributed by atoms with E-state index in [4.69, 9.17) is 11.6 Å². The minimum atomic E-state index is -0.429. The Kier molecular flexibility index (Phi) is 5.27. The first-order valence-electron chi connectivity index (χ1n) is 8.58. The van der Waals surface area contributed by atoms with E-state index >= 15 is 0 Å². The van der Waals surface area contributed by atoms with Gasteiger partial charge in [0.2, 0.25) is 0 Å². The molecule has 4 rings (SSSR count). The average molecular weight is 430 g/mol. The van der Waals surface area contributed by atoms with Crippen molar-refractivity contribution in [3.05, 3.63) is 64.2 Å².